The Morgan fingerprint density at radius 2 is 1.92 bits per heavy atom. The first kappa shape index (κ1) is 21.6. The van der Waals surface area contributed by atoms with E-state index in [4.69, 9.17) is 0 Å². The lowest BCUT2D eigenvalue weighted by Gasteiger charge is -2.50. The number of amides is 1. The van der Waals surface area contributed by atoms with Gasteiger partial charge in [-0.3, -0.25) is 4.79 Å². The Hall–Kier alpha value is 0.265. The van der Waals surface area contributed by atoms with Gasteiger partial charge in [0.2, 0.25) is 5.91 Å². The molecule has 4 heteroatoms. The summed E-state index contributed by atoms with van der Waals surface area (Å²) < 4.78 is 0.384. The summed E-state index contributed by atoms with van der Waals surface area (Å²) in [6.45, 7) is 9.10. The van der Waals surface area contributed by atoms with Gasteiger partial charge >= 0.3 is 0 Å². The van der Waals surface area contributed by atoms with Crippen LogP contribution in [0.4, 0.5) is 0 Å². The second-order valence-electron chi connectivity index (χ2n) is 9.41. The molecule has 2 nitrogen and oxygen atoms in total. The molecule has 0 spiro atoms. The maximum atomic E-state index is 13.0. The van der Waals surface area contributed by atoms with Crippen LogP contribution in [-0.2, 0) is 4.79 Å². The van der Waals surface area contributed by atoms with Gasteiger partial charge in [0, 0.05) is 18.5 Å². The fraction of sp³-hybridized carbons (Fsp3) is 0.952. The van der Waals surface area contributed by atoms with E-state index in [1.807, 2.05) is 0 Å². The van der Waals surface area contributed by atoms with Crippen molar-refractivity contribution in [3.63, 3.8) is 0 Å². The highest BCUT2D eigenvalue weighted by Gasteiger charge is 2.44. The van der Waals surface area contributed by atoms with Gasteiger partial charge in [-0.2, -0.15) is 0 Å². The molecule has 25 heavy (non-hydrogen) atoms. The highest BCUT2D eigenvalue weighted by molar-refractivity contribution is 14.1. The Morgan fingerprint density at radius 3 is 2.56 bits per heavy atom. The zero-order valence-electron chi connectivity index (χ0n) is 17.2. The van der Waals surface area contributed by atoms with Crippen molar-refractivity contribution < 1.29 is 4.79 Å². The summed E-state index contributed by atoms with van der Waals surface area (Å²) >= 11 is 2.73. The minimum atomic E-state index is 0.341. The molecule has 1 aliphatic heterocycles. The molecule has 2 fully saturated rings. The summed E-state index contributed by atoms with van der Waals surface area (Å²) in [5, 5.41) is 0. The first-order valence-electron chi connectivity index (χ1n) is 10.7. The quantitative estimate of drug-likeness (QED) is 0.323. The second kappa shape index (κ2) is 9.46. The molecule has 0 aromatic rings. The largest absolute Gasteiger partial charge is 0.337 e. The van der Waals surface area contributed by atoms with Gasteiger partial charge in [-0.1, -0.05) is 68.5 Å². The molecule has 144 valence electrons. The molecule has 5 unspecified atom stereocenters. The molecule has 0 radical (unpaired) electrons. The van der Waals surface area contributed by atoms with Crippen LogP contribution in [0.25, 0.3) is 0 Å². The van der Waals surface area contributed by atoms with Crippen molar-refractivity contribution in [1.82, 2.24) is 4.90 Å². The van der Waals surface area contributed by atoms with Crippen LogP contribution in [0, 0.1) is 17.8 Å². The lowest BCUT2D eigenvalue weighted by atomic mass is 9.65. The third kappa shape index (κ3) is 5.87. The van der Waals surface area contributed by atoms with Crippen molar-refractivity contribution >= 4 is 36.3 Å². The molecule has 2 rings (SSSR count). The number of hydrogen-bond acceptors (Lipinski definition) is 1. The second-order valence-corrected chi connectivity index (χ2v) is 12.0. The number of halogens is 1. The molecule has 1 amide bonds. The molecule has 5 atom stereocenters. The van der Waals surface area contributed by atoms with E-state index in [1.165, 1.54) is 57.8 Å². The summed E-state index contributed by atoms with van der Waals surface area (Å²) in [6.07, 6.45) is 12.5. The molecule has 1 heterocycles. The molecule has 0 N–H and O–H groups in total. The molecular formula is C21H39BINO. The minimum absolute atomic E-state index is 0.341. The van der Waals surface area contributed by atoms with Crippen LogP contribution in [0.2, 0.25) is 0 Å². The standard InChI is InChI=1S/C21H39BINO/c1-5-16(4)12-17-13-20(25)24(15(2)3)19-10-8-6-7-9-11-21(22,23)14-18(17)19/h15-19H,5-14,22H2,1-4H3. The zero-order chi connectivity index (χ0) is 18.6. The lowest BCUT2D eigenvalue weighted by Crippen LogP contribution is -2.56. The van der Waals surface area contributed by atoms with Crippen molar-refractivity contribution in [3.8, 4) is 0 Å². The highest BCUT2D eigenvalue weighted by Crippen LogP contribution is 2.44. The number of nitrogens with zero attached hydrogens (tertiary/aromatic N) is 1. The van der Waals surface area contributed by atoms with Gasteiger partial charge in [0.25, 0.3) is 0 Å². The smallest absolute Gasteiger partial charge is 0.223 e. The maximum absolute atomic E-state index is 13.0. The SMILES string of the molecule is BC1(I)CCCCCCC2C(C1)C(CC(C)CC)CC(=O)N2C(C)C. The van der Waals surface area contributed by atoms with Crippen molar-refractivity contribution in [2.24, 2.45) is 17.8 Å². The van der Waals surface area contributed by atoms with Gasteiger partial charge in [-0.05, 0) is 60.6 Å². The van der Waals surface area contributed by atoms with Crippen molar-refractivity contribution in [3.05, 3.63) is 0 Å². The lowest BCUT2D eigenvalue weighted by molar-refractivity contribution is -0.146. The topological polar surface area (TPSA) is 20.3 Å². The van der Waals surface area contributed by atoms with Gasteiger partial charge in [0.1, 0.15) is 7.85 Å². The maximum Gasteiger partial charge on any atom is 0.223 e. The fourth-order valence-corrected chi connectivity index (χ4v) is 6.14. The summed E-state index contributed by atoms with van der Waals surface area (Å²) in [5.74, 6) is 2.45. The number of carbonyl (C=O) groups is 1. The highest BCUT2D eigenvalue weighted by atomic mass is 127. The van der Waals surface area contributed by atoms with E-state index >= 15 is 0 Å². The predicted octanol–water partition coefficient (Wildman–Crippen LogP) is 5.17. The third-order valence-electron chi connectivity index (χ3n) is 6.75. The van der Waals surface area contributed by atoms with Crippen LogP contribution >= 0.6 is 22.6 Å². The van der Waals surface area contributed by atoms with E-state index in [0.29, 0.717) is 33.1 Å². The van der Waals surface area contributed by atoms with Gasteiger partial charge in [0.15, 0.2) is 0 Å². The first-order chi connectivity index (χ1) is 11.7. The van der Waals surface area contributed by atoms with Crippen molar-refractivity contribution in [2.75, 3.05) is 0 Å². The van der Waals surface area contributed by atoms with Crippen LogP contribution in [0.3, 0.4) is 0 Å². The molecule has 1 saturated heterocycles. The Kier molecular flexibility index (Phi) is 8.16. The van der Waals surface area contributed by atoms with Crippen molar-refractivity contribution in [2.45, 2.75) is 107 Å². The van der Waals surface area contributed by atoms with Gasteiger partial charge < -0.3 is 4.90 Å². The van der Waals surface area contributed by atoms with E-state index in [1.54, 1.807) is 0 Å². The molecule has 2 aliphatic rings. The number of likely N-dealkylation sites (tertiary alicyclic amines) is 1. The monoisotopic (exact) mass is 459 g/mol. The van der Waals surface area contributed by atoms with Crippen LogP contribution in [0.5, 0.6) is 0 Å². The summed E-state index contributed by atoms with van der Waals surface area (Å²) in [4.78, 5) is 15.3. The van der Waals surface area contributed by atoms with Gasteiger partial charge in [0.05, 0.1) is 0 Å². The summed E-state index contributed by atoms with van der Waals surface area (Å²) in [7, 11) is 2.46. The number of carbonyl (C=O) groups excluding carboxylic acids is 1. The van der Waals surface area contributed by atoms with Crippen LogP contribution in [-0.4, -0.2) is 34.1 Å². The van der Waals surface area contributed by atoms with E-state index in [-0.39, 0.29) is 0 Å². The number of hydrogen-bond donors (Lipinski definition) is 0. The van der Waals surface area contributed by atoms with Gasteiger partial charge in [-0.15, -0.1) is 0 Å². The number of alkyl halides is 1. The number of fused-ring (bicyclic) bond motifs is 1. The number of rotatable bonds is 4. The van der Waals surface area contributed by atoms with E-state index in [0.717, 1.165) is 12.3 Å². The average molecular weight is 459 g/mol. The Balaban J connectivity index is 2.31. The van der Waals surface area contributed by atoms with E-state index < -0.39 is 0 Å². The molecule has 0 bridgehead atoms. The number of piperidine rings is 1. The third-order valence-corrected chi connectivity index (χ3v) is 7.73. The first-order valence-corrected chi connectivity index (χ1v) is 11.8. The molecule has 1 saturated carbocycles. The Bertz CT molecular complexity index is 440. The van der Waals surface area contributed by atoms with E-state index in [9.17, 15) is 4.79 Å². The average Bonchev–Trinajstić information content (AvgIpc) is 2.52. The van der Waals surface area contributed by atoms with E-state index in [2.05, 4.69) is 63.0 Å². The Morgan fingerprint density at radius 1 is 1.24 bits per heavy atom. The zero-order valence-corrected chi connectivity index (χ0v) is 19.3. The van der Waals surface area contributed by atoms with Crippen molar-refractivity contribution in [1.29, 1.82) is 0 Å². The summed E-state index contributed by atoms with van der Waals surface area (Å²) in [6, 6.07) is 0.815. The normalized spacial score (nSPS) is 36.2. The molecular weight excluding hydrogens is 420 g/mol. The molecule has 0 aromatic carbocycles. The summed E-state index contributed by atoms with van der Waals surface area (Å²) in [5.41, 5.74) is 0. The predicted molar refractivity (Wildman–Crippen MR) is 119 cm³/mol. The molecule has 0 aromatic heterocycles. The van der Waals surface area contributed by atoms with Crippen LogP contribution in [0.15, 0.2) is 0 Å². The minimum Gasteiger partial charge on any atom is -0.337 e. The van der Waals surface area contributed by atoms with Crippen LogP contribution in [0.1, 0.15) is 91.9 Å². The Labute approximate surface area is 170 Å². The van der Waals surface area contributed by atoms with Crippen LogP contribution < -0.4 is 0 Å². The van der Waals surface area contributed by atoms with Gasteiger partial charge in [-0.25, -0.2) is 0 Å². The fourth-order valence-electron chi connectivity index (χ4n) is 5.25. The molecule has 1 aliphatic carbocycles.